The number of benzene rings is 1. The summed E-state index contributed by atoms with van der Waals surface area (Å²) in [7, 11) is 0. The van der Waals surface area contributed by atoms with Crippen LogP contribution in [-0.4, -0.2) is 11.7 Å². The predicted octanol–water partition coefficient (Wildman–Crippen LogP) is 1.74. The van der Waals surface area contributed by atoms with Gasteiger partial charge in [-0.25, -0.2) is 4.39 Å². The summed E-state index contributed by atoms with van der Waals surface area (Å²) in [6, 6.07) is 5.80. The highest BCUT2D eigenvalue weighted by Crippen LogP contribution is 2.12. The molecule has 0 aliphatic heterocycles. The van der Waals surface area contributed by atoms with Crippen LogP contribution in [0.1, 0.15) is 13.3 Å². The minimum atomic E-state index is -0.510. The maximum Gasteiger partial charge on any atom is 0.231 e. The van der Waals surface area contributed by atoms with Crippen LogP contribution in [0, 0.1) is 5.82 Å². The maximum atomic E-state index is 13.0. The van der Waals surface area contributed by atoms with Gasteiger partial charge in [-0.2, -0.15) is 0 Å². The average Bonchev–Trinajstić information content (AvgIpc) is 2.07. The molecule has 0 spiro atoms. The van der Waals surface area contributed by atoms with E-state index >= 15 is 0 Å². The SMILES string of the molecule is CC(=O)CC(=O)Nc1ccccc1F. The number of amides is 1. The minimum Gasteiger partial charge on any atom is -0.323 e. The van der Waals surface area contributed by atoms with Crippen LogP contribution >= 0.6 is 0 Å². The zero-order valence-corrected chi connectivity index (χ0v) is 7.71. The lowest BCUT2D eigenvalue weighted by molar-refractivity contribution is -0.124. The Kier molecular flexibility index (Phi) is 3.34. The Morgan fingerprint density at radius 3 is 2.57 bits per heavy atom. The van der Waals surface area contributed by atoms with Gasteiger partial charge in [0.05, 0.1) is 12.1 Å². The summed E-state index contributed by atoms with van der Waals surface area (Å²) in [5.41, 5.74) is 0.0961. The van der Waals surface area contributed by atoms with Crippen LogP contribution in [0.15, 0.2) is 24.3 Å². The Hall–Kier alpha value is -1.71. The molecule has 0 saturated heterocycles. The van der Waals surface area contributed by atoms with Crippen molar-refractivity contribution in [3.05, 3.63) is 30.1 Å². The van der Waals surface area contributed by atoms with Gasteiger partial charge in [-0.1, -0.05) is 12.1 Å². The summed E-state index contributed by atoms with van der Waals surface area (Å²) in [6.45, 7) is 1.31. The van der Waals surface area contributed by atoms with E-state index in [1.807, 2.05) is 0 Å². The van der Waals surface area contributed by atoms with E-state index in [9.17, 15) is 14.0 Å². The number of hydrogen-bond donors (Lipinski definition) is 1. The number of para-hydroxylation sites is 1. The van der Waals surface area contributed by atoms with Crippen LogP contribution in [0.4, 0.5) is 10.1 Å². The first kappa shape index (κ1) is 10.4. The highest BCUT2D eigenvalue weighted by molar-refractivity contribution is 6.03. The number of Topliss-reactive ketones (excluding diaryl/α,β-unsaturated/α-hetero) is 1. The van der Waals surface area contributed by atoms with Gasteiger partial charge in [0.2, 0.25) is 5.91 Å². The molecule has 1 rings (SSSR count). The van der Waals surface area contributed by atoms with Gasteiger partial charge < -0.3 is 5.32 Å². The first-order chi connectivity index (χ1) is 6.59. The van der Waals surface area contributed by atoms with E-state index in [-0.39, 0.29) is 17.9 Å². The van der Waals surface area contributed by atoms with Crippen LogP contribution in [0.3, 0.4) is 0 Å². The first-order valence-corrected chi connectivity index (χ1v) is 4.13. The van der Waals surface area contributed by atoms with Gasteiger partial charge in [-0.3, -0.25) is 9.59 Å². The third-order valence-electron chi connectivity index (χ3n) is 1.56. The van der Waals surface area contributed by atoms with Gasteiger partial charge in [0.25, 0.3) is 0 Å². The number of carbonyl (C=O) groups is 2. The molecule has 0 saturated carbocycles. The highest BCUT2D eigenvalue weighted by atomic mass is 19.1. The van der Waals surface area contributed by atoms with E-state index in [1.165, 1.54) is 25.1 Å². The molecule has 0 unspecified atom stereocenters. The average molecular weight is 195 g/mol. The second kappa shape index (κ2) is 4.50. The summed E-state index contributed by atoms with van der Waals surface area (Å²) in [5.74, 6) is -1.26. The zero-order chi connectivity index (χ0) is 10.6. The molecule has 0 aromatic heterocycles. The van der Waals surface area contributed by atoms with Crippen LogP contribution in [-0.2, 0) is 9.59 Å². The number of anilines is 1. The topological polar surface area (TPSA) is 46.2 Å². The van der Waals surface area contributed by atoms with E-state index < -0.39 is 11.7 Å². The molecule has 1 amide bonds. The molecule has 0 fully saturated rings. The standard InChI is InChI=1S/C10H10FNO2/c1-7(13)6-10(14)12-9-5-3-2-4-8(9)11/h2-5H,6H2,1H3,(H,12,14). The molecule has 4 heteroatoms. The molecule has 1 N–H and O–H groups in total. The fourth-order valence-electron chi connectivity index (χ4n) is 0.983. The Morgan fingerprint density at radius 1 is 1.36 bits per heavy atom. The van der Waals surface area contributed by atoms with Crippen molar-refractivity contribution in [2.45, 2.75) is 13.3 Å². The molecular formula is C10H10FNO2. The molecule has 0 bridgehead atoms. The number of nitrogens with one attached hydrogen (secondary N) is 1. The summed E-state index contributed by atoms with van der Waals surface area (Å²) >= 11 is 0. The lowest BCUT2D eigenvalue weighted by Gasteiger charge is -2.03. The van der Waals surface area contributed by atoms with Crippen molar-refractivity contribution in [1.82, 2.24) is 0 Å². The Bertz CT molecular complexity index is 363. The molecule has 0 aliphatic rings. The zero-order valence-electron chi connectivity index (χ0n) is 7.71. The van der Waals surface area contributed by atoms with E-state index in [0.717, 1.165) is 0 Å². The summed E-state index contributed by atoms with van der Waals surface area (Å²) in [5, 5.41) is 2.31. The summed E-state index contributed by atoms with van der Waals surface area (Å²) in [4.78, 5) is 21.7. The van der Waals surface area contributed by atoms with Crippen LogP contribution in [0.5, 0.6) is 0 Å². The monoisotopic (exact) mass is 195 g/mol. The Morgan fingerprint density at radius 2 is 2.00 bits per heavy atom. The molecule has 14 heavy (non-hydrogen) atoms. The smallest absolute Gasteiger partial charge is 0.231 e. The van der Waals surface area contributed by atoms with Crippen LogP contribution in [0.25, 0.3) is 0 Å². The molecule has 0 atom stereocenters. The van der Waals surface area contributed by atoms with E-state index in [4.69, 9.17) is 0 Å². The molecule has 0 heterocycles. The fourth-order valence-corrected chi connectivity index (χ4v) is 0.983. The second-order valence-corrected chi connectivity index (χ2v) is 2.91. The Labute approximate surface area is 80.9 Å². The molecule has 1 aromatic carbocycles. The van der Waals surface area contributed by atoms with E-state index in [1.54, 1.807) is 6.07 Å². The lowest BCUT2D eigenvalue weighted by atomic mass is 10.2. The number of hydrogen-bond acceptors (Lipinski definition) is 2. The highest BCUT2D eigenvalue weighted by Gasteiger charge is 2.07. The predicted molar refractivity (Wildman–Crippen MR) is 50.3 cm³/mol. The number of halogens is 1. The molecule has 74 valence electrons. The molecule has 1 aromatic rings. The van der Waals surface area contributed by atoms with Gasteiger partial charge in [-0.05, 0) is 19.1 Å². The minimum absolute atomic E-state index is 0.0961. The van der Waals surface area contributed by atoms with Gasteiger partial charge in [0, 0.05) is 0 Å². The van der Waals surface area contributed by atoms with Crippen molar-refractivity contribution in [2.24, 2.45) is 0 Å². The van der Waals surface area contributed by atoms with Crippen LogP contribution < -0.4 is 5.32 Å². The maximum absolute atomic E-state index is 13.0. The molecule has 3 nitrogen and oxygen atoms in total. The van der Waals surface area contributed by atoms with Gasteiger partial charge in [-0.15, -0.1) is 0 Å². The largest absolute Gasteiger partial charge is 0.323 e. The van der Waals surface area contributed by atoms with Crippen molar-refractivity contribution in [3.8, 4) is 0 Å². The van der Waals surface area contributed by atoms with Gasteiger partial charge >= 0.3 is 0 Å². The normalized spacial score (nSPS) is 9.57. The third kappa shape index (κ3) is 2.97. The first-order valence-electron chi connectivity index (χ1n) is 4.13. The Balaban J connectivity index is 2.65. The lowest BCUT2D eigenvalue weighted by Crippen LogP contribution is -2.15. The summed E-state index contributed by atoms with van der Waals surface area (Å²) < 4.78 is 13.0. The number of rotatable bonds is 3. The number of carbonyl (C=O) groups excluding carboxylic acids is 2. The van der Waals surface area contributed by atoms with Crippen molar-refractivity contribution in [3.63, 3.8) is 0 Å². The van der Waals surface area contributed by atoms with Crippen LogP contribution in [0.2, 0.25) is 0 Å². The van der Waals surface area contributed by atoms with E-state index in [0.29, 0.717) is 0 Å². The molecule has 0 aliphatic carbocycles. The third-order valence-corrected chi connectivity index (χ3v) is 1.56. The van der Waals surface area contributed by atoms with Crippen molar-refractivity contribution < 1.29 is 14.0 Å². The fraction of sp³-hybridized carbons (Fsp3) is 0.200. The molecular weight excluding hydrogens is 185 g/mol. The van der Waals surface area contributed by atoms with E-state index in [2.05, 4.69) is 5.32 Å². The second-order valence-electron chi connectivity index (χ2n) is 2.91. The summed E-state index contributed by atoms with van der Waals surface area (Å²) in [6.07, 6.45) is -0.228. The quantitative estimate of drug-likeness (QED) is 0.747. The van der Waals surface area contributed by atoms with Crippen molar-refractivity contribution in [2.75, 3.05) is 5.32 Å². The van der Waals surface area contributed by atoms with Crippen molar-refractivity contribution >= 4 is 17.4 Å². The molecule has 0 radical (unpaired) electrons. The number of ketones is 1. The van der Waals surface area contributed by atoms with Gasteiger partial charge in [0.15, 0.2) is 0 Å². The van der Waals surface area contributed by atoms with Crippen molar-refractivity contribution in [1.29, 1.82) is 0 Å². The van der Waals surface area contributed by atoms with Gasteiger partial charge in [0.1, 0.15) is 11.6 Å².